The summed E-state index contributed by atoms with van der Waals surface area (Å²) in [5, 5.41) is 2.78. The molecule has 52 valence electrons. The van der Waals surface area contributed by atoms with Crippen molar-refractivity contribution in [3.8, 4) is 0 Å². The van der Waals surface area contributed by atoms with Crippen LogP contribution in [0.25, 0.3) is 0 Å². The summed E-state index contributed by atoms with van der Waals surface area (Å²) >= 11 is 0. The number of carbonyl (C=O) groups is 1. The van der Waals surface area contributed by atoms with E-state index in [-0.39, 0.29) is 11.9 Å². The van der Waals surface area contributed by atoms with Crippen LogP contribution < -0.4 is 5.32 Å². The third-order valence-electron chi connectivity index (χ3n) is 1.80. The van der Waals surface area contributed by atoms with Crippen LogP contribution in [-0.4, -0.2) is 37.0 Å². The first-order chi connectivity index (χ1) is 4.22. The summed E-state index contributed by atoms with van der Waals surface area (Å²) in [6, 6.07) is 0.0544. The topological polar surface area (TPSA) is 32.3 Å². The lowest BCUT2D eigenvalue weighted by Gasteiger charge is -2.28. The molecule has 1 rings (SSSR count). The second kappa shape index (κ2) is 2.35. The molecule has 0 saturated carbocycles. The van der Waals surface area contributed by atoms with E-state index in [0.717, 1.165) is 13.1 Å². The Hall–Kier alpha value is -0.570. The van der Waals surface area contributed by atoms with Gasteiger partial charge in [-0.1, -0.05) is 0 Å². The Morgan fingerprint density at radius 3 is 2.89 bits per heavy atom. The lowest BCUT2D eigenvalue weighted by atomic mass is 10.2. The minimum absolute atomic E-state index is 0.0544. The lowest BCUT2D eigenvalue weighted by Crippen LogP contribution is -2.51. The molecule has 3 heteroatoms. The molecule has 1 aliphatic heterocycles. The molecule has 1 heterocycles. The maximum Gasteiger partial charge on any atom is 0.237 e. The number of hydrogen-bond donors (Lipinski definition) is 1. The first kappa shape index (κ1) is 6.55. The Morgan fingerprint density at radius 1 is 1.78 bits per heavy atom. The third kappa shape index (κ3) is 1.21. The zero-order valence-electron chi connectivity index (χ0n) is 5.85. The molecular weight excluding hydrogens is 116 g/mol. The molecule has 1 amide bonds. The van der Waals surface area contributed by atoms with E-state index in [9.17, 15) is 4.79 Å². The first-order valence-electron chi connectivity index (χ1n) is 3.20. The van der Waals surface area contributed by atoms with Crippen molar-refractivity contribution in [2.75, 3.05) is 20.1 Å². The van der Waals surface area contributed by atoms with Crippen LogP contribution in [0.15, 0.2) is 0 Å². The number of hydrogen-bond acceptors (Lipinski definition) is 2. The molecule has 0 radical (unpaired) electrons. The van der Waals surface area contributed by atoms with Gasteiger partial charge in [-0.2, -0.15) is 0 Å². The van der Waals surface area contributed by atoms with Crippen molar-refractivity contribution < 1.29 is 4.79 Å². The van der Waals surface area contributed by atoms with Gasteiger partial charge in [-0.25, -0.2) is 0 Å². The average molecular weight is 128 g/mol. The fourth-order valence-electron chi connectivity index (χ4n) is 0.897. The summed E-state index contributed by atoms with van der Waals surface area (Å²) in [6.45, 7) is 3.67. The van der Waals surface area contributed by atoms with Gasteiger partial charge in [0.15, 0.2) is 0 Å². The highest BCUT2D eigenvalue weighted by Gasteiger charge is 2.20. The molecule has 0 aliphatic carbocycles. The fraction of sp³-hybridized carbons (Fsp3) is 0.833. The zero-order valence-corrected chi connectivity index (χ0v) is 5.85. The van der Waals surface area contributed by atoms with Crippen molar-refractivity contribution >= 4 is 5.91 Å². The van der Waals surface area contributed by atoms with E-state index in [4.69, 9.17) is 0 Å². The van der Waals surface area contributed by atoms with E-state index in [1.54, 1.807) is 0 Å². The smallest absolute Gasteiger partial charge is 0.237 e. The van der Waals surface area contributed by atoms with Gasteiger partial charge in [0.2, 0.25) is 5.91 Å². The monoisotopic (exact) mass is 128 g/mol. The molecule has 1 N–H and O–H groups in total. The van der Waals surface area contributed by atoms with Crippen LogP contribution in [-0.2, 0) is 4.79 Å². The Kier molecular flexibility index (Phi) is 1.71. The molecule has 1 saturated heterocycles. The number of likely N-dealkylation sites (N-methyl/N-ethyl adjacent to an activating group) is 1. The second-order valence-electron chi connectivity index (χ2n) is 2.45. The van der Waals surface area contributed by atoms with Crippen LogP contribution in [0.4, 0.5) is 0 Å². The summed E-state index contributed by atoms with van der Waals surface area (Å²) in [5.74, 6) is 0.142. The van der Waals surface area contributed by atoms with Crippen molar-refractivity contribution in [1.29, 1.82) is 0 Å². The third-order valence-corrected chi connectivity index (χ3v) is 1.80. The quantitative estimate of drug-likeness (QED) is 0.474. The van der Waals surface area contributed by atoms with Crippen molar-refractivity contribution in [2.45, 2.75) is 13.0 Å². The van der Waals surface area contributed by atoms with Gasteiger partial charge in [0.05, 0.1) is 6.04 Å². The Morgan fingerprint density at radius 2 is 2.44 bits per heavy atom. The normalized spacial score (nSPS) is 30.0. The van der Waals surface area contributed by atoms with E-state index >= 15 is 0 Å². The highest BCUT2D eigenvalue weighted by Crippen LogP contribution is 1.98. The number of piperazine rings is 1. The molecule has 0 spiro atoms. The maximum atomic E-state index is 10.9. The zero-order chi connectivity index (χ0) is 6.85. The second-order valence-corrected chi connectivity index (χ2v) is 2.45. The average Bonchev–Trinajstić information content (AvgIpc) is 1.83. The summed E-state index contributed by atoms with van der Waals surface area (Å²) < 4.78 is 0. The molecule has 1 atom stereocenters. The SMILES string of the molecule is CC1C(=O)NCCN1C. The van der Waals surface area contributed by atoms with E-state index in [1.807, 2.05) is 18.9 Å². The Balaban J connectivity index is 2.51. The molecule has 1 aliphatic rings. The molecule has 9 heavy (non-hydrogen) atoms. The molecule has 3 nitrogen and oxygen atoms in total. The van der Waals surface area contributed by atoms with Gasteiger partial charge in [-0.05, 0) is 14.0 Å². The van der Waals surface area contributed by atoms with Gasteiger partial charge in [-0.3, -0.25) is 9.69 Å². The standard InChI is InChI=1S/C6H12N2O/c1-5-6(9)7-3-4-8(5)2/h5H,3-4H2,1-2H3,(H,7,9). The Bertz CT molecular complexity index is 124. The minimum atomic E-state index is 0.0544. The van der Waals surface area contributed by atoms with Crippen LogP contribution in [0, 0.1) is 0 Å². The van der Waals surface area contributed by atoms with Crippen LogP contribution >= 0.6 is 0 Å². The van der Waals surface area contributed by atoms with Gasteiger partial charge >= 0.3 is 0 Å². The van der Waals surface area contributed by atoms with Crippen molar-refractivity contribution in [3.05, 3.63) is 0 Å². The van der Waals surface area contributed by atoms with Crippen molar-refractivity contribution in [3.63, 3.8) is 0 Å². The highest BCUT2D eigenvalue weighted by atomic mass is 16.2. The van der Waals surface area contributed by atoms with Gasteiger partial charge in [0.1, 0.15) is 0 Å². The van der Waals surface area contributed by atoms with E-state index in [0.29, 0.717) is 0 Å². The molecule has 0 aromatic heterocycles. The summed E-state index contributed by atoms with van der Waals surface area (Å²) in [5.41, 5.74) is 0. The highest BCUT2D eigenvalue weighted by molar-refractivity contribution is 5.81. The minimum Gasteiger partial charge on any atom is -0.353 e. The molecule has 0 aromatic rings. The van der Waals surface area contributed by atoms with Crippen LogP contribution in [0.1, 0.15) is 6.92 Å². The van der Waals surface area contributed by atoms with Crippen molar-refractivity contribution in [2.24, 2.45) is 0 Å². The molecule has 0 aromatic carbocycles. The van der Waals surface area contributed by atoms with Gasteiger partial charge < -0.3 is 5.32 Å². The van der Waals surface area contributed by atoms with Gasteiger partial charge in [0, 0.05) is 13.1 Å². The maximum absolute atomic E-state index is 10.9. The van der Waals surface area contributed by atoms with Crippen LogP contribution in [0.3, 0.4) is 0 Å². The number of amides is 1. The van der Waals surface area contributed by atoms with Crippen LogP contribution in [0.2, 0.25) is 0 Å². The molecule has 1 unspecified atom stereocenters. The largest absolute Gasteiger partial charge is 0.353 e. The van der Waals surface area contributed by atoms with Gasteiger partial charge in [-0.15, -0.1) is 0 Å². The number of nitrogens with zero attached hydrogens (tertiary/aromatic N) is 1. The van der Waals surface area contributed by atoms with E-state index < -0.39 is 0 Å². The van der Waals surface area contributed by atoms with E-state index in [1.165, 1.54) is 0 Å². The predicted octanol–water partition coefficient (Wildman–Crippen LogP) is -0.563. The fourth-order valence-corrected chi connectivity index (χ4v) is 0.897. The molecular formula is C6H12N2O. The molecule has 1 fully saturated rings. The number of carbonyl (C=O) groups excluding carboxylic acids is 1. The molecule has 0 bridgehead atoms. The van der Waals surface area contributed by atoms with E-state index in [2.05, 4.69) is 5.32 Å². The van der Waals surface area contributed by atoms with Crippen molar-refractivity contribution in [1.82, 2.24) is 10.2 Å². The summed E-state index contributed by atoms with van der Waals surface area (Å²) in [7, 11) is 1.96. The van der Waals surface area contributed by atoms with Gasteiger partial charge in [0.25, 0.3) is 0 Å². The summed E-state index contributed by atoms with van der Waals surface area (Å²) in [6.07, 6.45) is 0. The van der Waals surface area contributed by atoms with Crippen LogP contribution in [0.5, 0.6) is 0 Å². The predicted molar refractivity (Wildman–Crippen MR) is 35.1 cm³/mol. The number of nitrogens with one attached hydrogen (secondary N) is 1. The first-order valence-corrected chi connectivity index (χ1v) is 3.20. The lowest BCUT2D eigenvalue weighted by molar-refractivity contribution is -0.127. The summed E-state index contributed by atoms with van der Waals surface area (Å²) in [4.78, 5) is 12.9. The Labute approximate surface area is 55.0 Å². The number of rotatable bonds is 0.